The average molecular weight is 339 g/mol. The van der Waals surface area contributed by atoms with E-state index in [1.807, 2.05) is 0 Å². The van der Waals surface area contributed by atoms with Gasteiger partial charge in [0.15, 0.2) is 0 Å². The molecule has 1 aliphatic heterocycles. The first-order valence-electron chi connectivity index (χ1n) is 6.89. The Morgan fingerprint density at radius 1 is 1.17 bits per heavy atom. The van der Waals surface area contributed by atoms with E-state index in [0.717, 1.165) is 38.5 Å². The van der Waals surface area contributed by atoms with Crippen LogP contribution in [-0.2, 0) is 10.2 Å². The van der Waals surface area contributed by atoms with Gasteiger partial charge in [-0.15, -0.1) is 0 Å². The van der Waals surface area contributed by atoms with Crippen molar-refractivity contribution in [1.82, 2.24) is 9.03 Å². The number of hydrogen-bond donors (Lipinski definition) is 1. The number of nitrogens with zero attached hydrogens (tertiary/aromatic N) is 1. The maximum atomic E-state index is 12.3. The first-order chi connectivity index (χ1) is 8.47. The Bertz CT molecular complexity index is 366. The van der Waals surface area contributed by atoms with E-state index in [1.54, 1.807) is 4.31 Å². The molecule has 0 radical (unpaired) electrons. The second-order valence-electron chi connectivity index (χ2n) is 5.68. The highest BCUT2D eigenvalue weighted by molar-refractivity contribution is 9.09. The molecule has 2 fully saturated rings. The van der Waals surface area contributed by atoms with Crippen molar-refractivity contribution in [3.63, 3.8) is 0 Å². The molecule has 1 saturated carbocycles. The van der Waals surface area contributed by atoms with Gasteiger partial charge in [0.1, 0.15) is 0 Å². The van der Waals surface area contributed by atoms with Crippen LogP contribution in [0.1, 0.15) is 45.4 Å². The zero-order valence-electron chi connectivity index (χ0n) is 10.9. The summed E-state index contributed by atoms with van der Waals surface area (Å²) in [6.07, 6.45) is 6.13. The highest BCUT2D eigenvalue weighted by atomic mass is 79.9. The van der Waals surface area contributed by atoms with Gasteiger partial charge < -0.3 is 0 Å². The van der Waals surface area contributed by atoms with Gasteiger partial charge in [0.25, 0.3) is 10.2 Å². The summed E-state index contributed by atoms with van der Waals surface area (Å²) in [6.45, 7) is 3.47. The van der Waals surface area contributed by atoms with Crippen molar-refractivity contribution in [2.24, 2.45) is 5.92 Å². The molecule has 1 saturated heterocycles. The average Bonchev–Trinajstić information content (AvgIpc) is 2.32. The monoisotopic (exact) mass is 338 g/mol. The Morgan fingerprint density at radius 2 is 1.83 bits per heavy atom. The van der Waals surface area contributed by atoms with Gasteiger partial charge >= 0.3 is 0 Å². The van der Waals surface area contributed by atoms with E-state index in [9.17, 15) is 8.42 Å². The van der Waals surface area contributed by atoms with Crippen molar-refractivity contribution in [3.05, 3.63) is 0 Å². The summed E-state index contributed by atoms with van der Waals surface area (Å²) >= 11 is 3.59. The van der Waals surface area contributed by atoms with Crippen LogP contribution in [0.3, 0.4) is 0 Å². The molecule has 2 aliphatic rings. The minimum atomic E-state index is -3.27. The number of nitrogens with one attached hydrogen (secondary N) is 1. The van der Waals surface area contributed by atoms with Crippen molar-refractivity contribution >= 4 is 26.1 Å². The van der Waals surface area contributed by atoms with Crippen molar-refractivity contribution in [1.29, 1.82) is 0 Å². The summed E-state index contributed by atoms with van der Waals surface area (Å²) in [4.78, 5) is 0.563. The minimum absolute atomic E-state index is 0.126. The van der Waals surface area contributed by atoms with Crippen LogP contribution in [0.5, 0.6) is 0 Å². The lowest BCUT2D eigenvalue weighted by Crippen LogP contribution is -2.49. The molecule has 0 aromatic rings. The van der Waals surface area contributed by atoms with Crippen LogP contribution in [0, 0.1) is 5.92 Å². The summed E-state index contributed by atoms with van der Waals surface area (Å²) in [5.41, 5.74) is 0. The van der Waals surface area contributed by atoms with Gasteiger partial charge in [-0.3, -0.25) is 0 Å². The maximum Gasteiger partial charge on any atom is 0.279 e. The molecule has 18 heavy (non-hydrogen) atoms. The number of hydrogen-bond acceptors (Lipinski definition) is 2. The van der Waals surface area contributed by atoms with Crippen LogP contribution in [0.4, 0.5) is 0 Å². The van der Waals surface area contributed by atoms with Gasteiger partial charge in [-0.25, -0.2) is 0 Å². The van der Waals surface area contributed by atoms with E-state index in [4.69, 9.17) is 0 Å². The predicted octanol–water partition coefficient (Wildman–Crippen LogP) is 2.26. The van der Waals surface area contributed by atoms with Gasteiger partial charge in [-0.2, -0.15) is 17.4 Å². The Morgan fingerprint density at radius 3 is 2.44 bits per heavy atom. The van der Waals surface area contributed by atoms with Crippen LogP contribution >= 0.6 is 15.9 Å². The lowest BCUT2D eigenvalue weighted by molar-refractivity contribution is 0.274. The molecular formula is C12H23BrN2O2S. The van der Waals surface area contributed by atoms with Crippen molar-refractivity contribution in [2.45, 2.75) is 56.3 Å². The first-order valence-corrected chi connectivity index (χ1v) is 9.24. The van der Waals surface area contributed by atoms with E-state index >= 15 is 0 Å². The molecule has 1 unspecified atom stereocenters. The lowest BCUT2D eigenvalue weighted by Gasteiger charge is -2.33. The number of alkyl halides is 1. The molecule has 6 heteroatoms. The molecule has 0 aromatic heterocycles. The summed E-state index contributed by atoms with van der Waals surface area (Å²) < 4.78 is 29.1. The van der Waals surface area contributed by atoms with Gasteiger partial charge in [0, 0.05) is 24.0 Å². The van der Waals surface area contributed by atoms with Crippen molar-refractivity contribution in [3.8, 4) is 0 Å². The molecule has 0 bridgehead atoms. The summed E-state index contributed by atoms with van der Waals surface area (Å²) in [7, 11) is -3.27. The zero-order chi connectivity index (χ0) is 13.2. The molecule has 1 atom stereocenters. The minimum Gasteiger partial charge on any atom is -0.199 e. The smallest absolute Gasteiger partial charge is 0.199 e. The fourth-order valence-corrected chi connectivity index (χ4v) is 4.98. The third-order valence-electron chi connectivity index (χ3n) is 3.93. The van der Waals surface area contributed by atoms with Gasteiger partial charge in [-0.1, -0.05) is 22.9 Å². The number of piperidine rings is 1. The first kappa shape index (κ1) is 14.8. The molecule has 1 heterocycles. The molecule has 0 spiro atoms. The molecule has 106 valence electrons. The summed E-state index contributed by atoms with van der Waals surface area (Å²) in [6, 6.07) is 0.126. The Hall–Kier alpha value is 0.350. The van der Waals surface area contributed by atoms with E-state index < -0.39 is 10.2 Å². The van der Waals surface area contributed by atoms with Crippen LogP contribution in [0.15, 0.2) is 0 Å². The third-order valence-corrected chi connectivity index (χ3v) is 6.49. The second kappa shape index (κ2) is 6.20. The molecule has 1 N–H and O–H groups in total. The van der Waals surface area contributed by atoms with Crippen molar-refractivity contribution < 1.29 is 8.42 Å². The summed E-state index contributed by atoms with van der Waals surface area (Å²) in [5, 5.41) is 0. The molecule has 0 amide bonds. The van der Waals surface area contributed by atoms with Crippen LogP contribution in [0.25, 0.3) is 0 Å². The highest BCUT2D eigenvalue weighted by Crippen LogP contribution is 2.25. The van der Waals surface area contributed by atoms with Gasteiger partial charge in [0.05, 0.1) is 0 Å². The Labute approximate surface area is 119 Å². The number of halogens is 1. The second-order valence-corrected chi connectivity index (χ2v) is 8.67. The van der Waals surface area contributed by atoms with Crippen LogP contribution in [-0.4, -0.2) is 36.7 Å². The fourth-order valence-electron chi connectivity index (χ4n) is 2.82. The van der Waals surface area contributed by atoms with Gasteiger partial charge in [0.2, 0.25) is 0 Å². The van der Waals surface area contributed by atoms with Crippen LogP contribution in [0.2, 0.25) is 0 Å². The van der Waals surface area contributed by atoms with E-state index in [1.165, 1.54) is 0 Å². The molecule has 4 nitrogen and oxygen atoms in total. The summed E-state index contributed by atoms with van der Waals surface area (Å²) in [5.74, 6) is 0.480. The van der Waals surface area contributed by atoms with E-state index in [2.05, 4.69) is 27.6 Å². The molecule has 2 rings (SSSR count). The molecular weight excluding hydrogens is 316 g/mol. The number of rotatable bonds is 3. The van der Waals surface area contributed by atoms with Gasteiger partial charge in [-0.05, 0) is 44.4 Å². The third kappa shape index (κ3) is 3.92. The lowest BCUT2D eigenvalue weighted by atomic mass is 9.96. The fraction of sp³-hybridized carbons (Fsp3) is 1.00. The maximum absolute atomic E-state index is 12.3. The topological polar surface area (TPSA) is 49.4 Å². The van der Waals surface area contributed by atoms with Crippen LogP contribution < -0.4 is 4.72 Å². The molecule has 0 aromatic carbocycles. The zero-order valence-corrected chi connectivity index (χ0v) is 13.3. The largest absolute Gasteiger partial charge is 0.279 e. The van der Waals surface area contributed by atoms with Crippen molar-refractivity contribution in [2.75, 3.05) is 13.1 Å². The Balaban J connectivity index is 1.90. The highest BCUT2D eigenvalue weighted by Gasteiger charge is 2.30. The standard InChI is InChI=1S/C12H23BrN2O2S/c1-10-3-2-8-15(9-10)18(16,17)14-12-6-4-11(13)5-7-12/h10-12,14H,2-9H2,1H3. The SMILES string of the molecule is CC1CCCN(S(=O)(=O)NC2CCC(Br)CC2)C1. The Kier molecular flexibility index (Phi) is 5.08. The molecule has 1 aliphatic carbocycles. The van der Waals surface area contributed by atoms with E-state index in [0.29, 0.717) is 23.8 Å². The normalized spacial score (nSPS) is 35.6. The van der Waals surface area contributed by atoms with E-state index in [-0.39, 0.29) is 6.04 Å². The quantitative estimate of drug-likeness (QED) is 0.802. The predicted molar refractivity (Wildman–Crippen MR) is 77.0 cm³/mol.